The summed E-state index contributed by atoms with van der Waals surface area (Å²) in [6.45, 7) is 0.407. The van der Waals surface area contributed by atoms with Gasteiger partial charge in [-0.05, 0) is 24.3 Å². The number of anilines is 1. The third kappa shape index (κ3) is 5.71. The Labute approximate surface area is 117 Å². The van der Waals surface area contributed by atoms with E-state index in [1.54, 1.807) is 0 Å². The van der Waals surface area contributed by atoms with Crippen molar-refractivity contribution in [1.29, 1.82) is 0 Å². The highest BCUT2D eigenvalue weighted by Gasteiger charge is 2.08. The van der Waals surface area contributed by atoms with Crippen LogP contribution in [-0.2, 0) is 19.5 Å². The molecule has 3 N–H and O–H groups in total. The number of benzene rings is 1. The number of amides is 1. The molecule has 0 atom stereocenters. The third-order valence-electron chi connectivity index (χ3n) is 2.08. The Morgan fingerprint density at radius 3 is 2.50 bits per heavy atom. The van der Waals surface area contributed by atoms with Crippen molar-refractivity contribution in [1.82, 2.24) is 0 Å². The fourth-order valence-corrected chi connectivity index (χ4v) is 1.72. The predicted octanol–water partition coefficient (Wildman–Crippen LogP) is 0.532. The fraction of sp³-hybridized carbons (Fsp3) is 0.250. The van der Waals surface area contributed by atoms with Crippen molar-refractivity contribution < 1.29 is 22.7 Å². The van der Waals surface area contributed by atoms with Gasteiger partial charge in [0, 0.05) is 5.69 Å². The molecular weight excluding hydrogens is 284 g/mol. The number of ether oxygens (including phenoxy) is 2. The summed E-state index contributed by atoms with van der Waals surface area (Å²) < 4.78 is 31.8. The van der Waals surface area contributed by atoms with Crippen LogP contribution >= 0.6 is 0 Å². The summed E-state index contributed by atoms with van der Waals surface area (Å²) in [4.78, 5) is 11.3. The van der Waals surface area contributed by atoms with Gasteiger partial charge in [0.05, 0.1) is 11.5 Å². The van der Waals surface area contributed by atoms with Crippen molar-refractivity contribution in [3.63, 3.8) is 0 Å². The second kappa shape index (κ2) is 7.49. The summed E-state index contributed by atoms with van der Waals surface area (Å²) >= 11 is 0. The van der Waals surface area contributed by atoms with Crippen LogP contribution in [0, 0.1) is 12.3 Å². The minimum Gasteiger partial charge on any atom is -0.447 e. The Hall–Kier alpha value is -2.08. The Kier molecular flexibility index (Phi) is 5.99. The molecule has 0 saturated carbocycles. The number of rotatable bonds is 6. The minimum absolute atomic E-state index is 0.0425. The zero-order valence-electron chi connectivity index (χ0n) is 10.5. The van der Waals surface area contributed by atoms with E-state index in [1.165, 1.54) is 24.3 Å². The average molecular weight is 298 g/mol. The van der Waals surface area contributed by atoms with Gasteiger partial charge in [-0.2, -0.15) is 0 Å². The Morgan fingerprint density at radius 1 is 1.30 bits per heavy atom. The molecule has 0 aliphatic rings. The lowest BCUT2D eigenvalue weighted by atomic mass is 10.3. The molecule has 8 heteroatoms. The first-order valence-corrected chi connectivity index (χ1v) is 7.06. The van der Waals surface area contributed by atoms with Crippen LogP contribution in [0.1, 0.15) is 0 Å². The van der Waals surface area contributed by atoms with E-state index in [0.717, 1.165) is 0 Å². The maximum atomic E-state index is 11.4. The quantitative estimate of drug-likeness (QED) is 0.588. The summed E-state index contributed by atoms with van der Waals surface area (Å²) in [7, 11) is -3.75. The first-order chi connectivity index (χ1) is 9.43. The second-order valence-electron chi connectivity index (χ2n) is 3.59. The number of sulfonamides is 1. The van der Waals surface area contributed by atoms with E-state index in [-0.39, 0.29) is 24.7 Å². The zero-order valence-corrected chi connectivity index (χ0v) is 11.4. The van der Waals surface area contributed by atoms with Gasteiger partial charge < -0.3 is 9.47 Å². The predicted molar refractivity (Wildman–Crippen MR) is 72.4 cm³/mol. The molecule has 20 heavy (non-hydrogen) atoms. The summed E-state index contributed by atoms with van der Waals surface area (Å²) in [6.07, 6.45) is 4.29. The maximum Gasteiger partial charge on any atom is 0.411 e. The van der Waals surface area contributed by atoms with Crippen LogP contribution in [-0.4, -0.2) is 34.3 Å². The molecular formula is C12H14N2O5S. The highest BCUT2D eigenvalue weighted by Crippen LogP contribution is 2.12. The number of carbonyl (C=O) groups is 1. The van der Waals surface area contributed by atoms with Crippen LogP contribution in [0.3, 0.4) is 0 Å². The van der Waals surface area contributed by atoms with E-state index in [2.05, 4.69) is 11.2 Å². The molecule has 0 aliphatic heterocycles. The van der Waals surface area contributed by atoms with E-state index in [1.807, 2.05) is 0 Å². The lowest BCUT2D eigenvalue weighted by Gasteiger charge is -2.07. The number of terminal acetylenes is 1. The Bertz CT molecular complexity index is 589. The molecule has 0 heterocycles. The molecule has 1 rings (SSSR count). The normalized spacial score (nSPS) is 10.6. The number of hydrogen-bond acceptors (Lipinski definition) is 5. The molecule has 0 radical (unpaired) electrons. The maximum absolute atomic E-state index is 11.4. The van der Waals surface area contributed by atoms with E-state index in [0.29, 0.717) is 5.69 Å². The van der Waals surface area contributed by atoms with E-state index in [9.17, 15) is 13.2 Å². The van der Waals surface area contributed by atoms with Gasteiger partial charge in [-0.15, -0.1) is 6.42 Å². The second-order valence-corrected chi connectivity index (χ2v) is 5.15. The van der Waals surface area contributed by atoms with E-state index < -0.39 is 16.1 Å². The molecule has 0 bridgehead atoms. The number of nitrogens with one attached hydrogen (secondary N) is 1. The molecule has 0 saturated heterocycles. The largest absolute Gasteiger partial charge is 0.447 e. The molecule has 0 unspecified atom stereocenters. The molecule has 1 aromatic carbocycles. The van der Waals surface area contributed by atoms with Crippen LogP contribution in [0.5, 0.6) is 0 Å². The molecule has 7 nitrogen and oxygen atoms in total. The smallest absolute Gasteiger partial charge is 0.411 e. The van der Waals surface area contributed by atoms with Gasteiger partial charge in [-0.3, -0.25) is 5.32 Å². The van der Waals surface area contributed by atoms with Gasteiger partial charge in [0.2, 0.25) is 10.0 Å². The lowest BCUT2D eigenvalue weighted by molar-refractivity contribution is 0.0943. The van der Waals surface area contributed by atoms with Crippen molar-refractivity contribution in [3.05, 3.63) is 24.3 Å². The van der Waals surface area contributed by atoms with Gasteiger partial charge in [-0.25, -0.2) is 18.4 Å². The van der Waals surface area contributed by atoms with Crippen LogP contribution in [0.2, 0.25) is 0 Å². The van der Waals surface area contributed by atoms with E-state index >= 15 is 0 Å². The zero-order chi connectivity index (χ0) is 15.0. The summed E-state index contributed by atoms with van der Waals surface area (Å²) in [5, 5.41) is 7.36. The van der Waals surface area contributed by atoms with Crippen molar-refractivity contribution in [2.75, 3.05) is 25.1 Å². The number of hydrogen-bond donors (Lipinski definition) is 2. The molecule has 0 aromatic heterocycles. The minimum atomic E-state index is -3.75. The third-order valence-corrected chi connectivity index (χ3v) is 3.00. The van der Waals surface area contributed by atoms with Gasteiger partial charge in [0.25, 0.3) is 0 Å². The van der Waals surface area contributed by atoms with Crippen LogP contribution in [0.15, 0.2) is 29.2 Å². The van der Waals surface area contributed by atoms with Crippen molar-refractivity contribution in [3.8, 4) is 12.3 Å². The highest BCUT2D eigenvalue weighted by molar-refractivity contribution is 7.89. The van der Waals surface area contributed by atoms with Crippen LogP contribution < -0.4 is 10.5 Å². The average Bonchev–Trinajstić information content (AvgIpc) is 2.38. The topological polar surface area (TPSA) is 108 Å². The fourth-order valence-electron chi connectivity index (χ4n) is 1.21. The molecule has 0 spiro atoms. The summed E-state index contributed by atoms with van der Waals surface area (Å²) in [5.74, 6) is 2.28. The first-order valence-electron chi connectivity index (χ1n) is 5.51. The summed E-state index contributed by atoms with van der Waals surface area (Å²) in [5.41, 5.74) is 0.381. The van der Waals surface area contributed by atoms with Gasteiger partial charge in [0.15, 0.2) is 0 Å². The Morgan fingerprint density at radius 2 is 1.95 bits per heavy atom. The van der Waals surface area contributed by atoms with Gasteiger partial charge >= 0.3 is 6.09 Å². The van der Waals surface area contributed by atoms with E-state index in [4.69, 9.17) is 21.0 Å². The number of nitrogens with two attached hydrogens (primary N) is 1. The number of primary sulfonamides is 1. The number of carbonyl (C=O) groups excluding carboxylic acids is 1. The van der Waals surface area contributed by atoms with Crippen molar-refractivity contribution >= 4 is 21.8 Å². The molecule has 1 amide bonds. The molecule has 108 valence electrons. The van der Waals surface area contributed by atoms with Gasteiger partial charge in [-0.1, -0.05) is 5.92 Å². The van der Waals surface area contributed by atoms with Gasteiger partial charge in [0.1, 0.15) is 13.2 Å². The monoisotopic (exact) mass is 298 g/mol. The van der Waals surface area contributed by atoms with Crippen molar-refractivity contribution in [2.45, 2.75) is 4.90 Å². The van der Waals surface area contributed by atoms with Crippen LogP contribution in [0.25, 0.3) is 0 Å². The molecule has 0 fully saturated rings. The highest BCUT2D eigenvalue weighted by atomic mass is 32.2. The standard InChI is InChI=1S/C12H14N2O5S/c1-2-7-18-8-9-19-12(15)14-10-3-5-11(6-4-10)20(13,16)17/h1,3-6H,7-9H2,(H,14,15)(H2,13,16,17). The van der Waals surface area contributed by atoms with Crippen molar-refractivity contribution in [2.24, 2.45) is 5.14 Å². The molecule has 0 aliphatic carbocycles. The summed E-state index contributed by atoms with van der Waals surface area (Å²) in [6, 6.07) is 5.35. The first kappa shape index (κ1) is 16.0. The Balaban J connectivity index is 2.41. The SMILES string of the molecule is C#CCOCCOC(=O)Nc1ccc(S(N)(=O)=O)cc1. The lowest BCUT2D eigenvalue weighted by Crippen LogP contribution is -2.17. The molecule has 1 aromatic rings. The van der Waals surface area contributed by atoms with Crippen LogP contribution in [0.4, 0.5) is 10.5 Å².